The number of rotatable bonds is 18. The van der Waals surface area contributed by atoms with Crippen LogP contribution in [0.5, 0.6) is 0 Å². The van der Waals surface area contributed by atoms with Gasteiger partial charge in [0.25, 0.3) is 0 Å². The lowest BCUT2D eigenvalue weighted by Crippen LogP contribution is -2.67. The molecule has 1 aliphatic rings. The van der Waals surface area contributed by atoms with E-state index in [2.05, 4.69) is 67.2 Å². The van der Waals surface area contributed by atoms with Crippen molar-refractivity contribution in [3.63, 3.8) is 0 Å². The molecule has 6 nitrogen and oxygen atoms in total. The summed E-state index contributed by atoms with van der Waals surface area (Å²) in [6.45, 7) is 6.05. The summed E-state index contributed by atoms with van der Waals surface area (Å²) in [6, 6.07) is 50.7. The highest BCUT2D eigenvalue weighted by molar-refractivity contribution is 5.18. The van der Waals surface area contributed by atoms with Gasteiger partial charge in [-0.1, -0.05) is 158 Å². The third-order valence-electron chi connectivity index (χ3n) is 8.78. The Labute approximate surface area is 296 Å². The summed E-state index contributed by atoms with van der Waals surface area (Å²) in [4.78, 5) is 0. The van der Waals surface area contributed by atoms with Gasteiger partial charge >= 0.3 is 0 Å². The summed E-state index contributed by atoms with van der Waals surface area (Å²) >= 11 is 0. The first-order chi connectivity index (χ1) is 24.8. The van der Waals surface area contributed by atoms with Crippen LogP contribution in [-0.4, -0.2) is 43.2 Å². The molecule has 1 aliphatic carbocycles. The van der Waals surface area contributed by atoms with Gasteiger partial charge in [0, 0.05) is 0 Å². The molecule has 6 heteroatoms. The SMILES string of the molecule is C=CCO[C@@H]1[C@@H](OCc2ccccc2)[C@H](OCc2ccccc2)[C@@H](OCc2ccccc2)[C@H](OCc2ccccc2)[C@@H]1OCc1ccccc1. The molecule has 0 saturated heterocycles. The van der Waals surface area contributed by atoms with Crippen molar-refractivity contribution in [2.45, 2.75) is 69.7 Å². The van der Waals surface area contributed by atoms with E-state index >= 15 is 0 Å². The molecule has 50 heavy (non-hydrogen) atoms. The summed E-state index contributed by atoms with van der Waals surface area (Å²) in [6.07, 6.45) is -1.69. The van der Waals surface area contributed by atoms with E-state index in [4.69, 9.17) is 28.4 Å². The van der Waals surface area contributed by atoms with Crippen molar-refractivity contribution < 1.29 is 28.4 Å². The van der Waals surface area contributed by atoms with Gasteiger partial charge in [0.05, 0.1) is 39.6 Å². The Hall–Kier alpha value is -4.40. The normalized spacial score (nSPS) is 21.8. The lowest BCUT2D eigenvalue weighted by atomic mass is 9.83. The average molecular weight is 671 g/mol. The van der Waals surface area contributed by atoms with Crippen LogP contribution in [-0.2, 0) is 61.5 Å². The number of ether oxygens (including phenoxy) is 6. The van der Waals surface area contributed by atoms with Gasteiger partial charge in [0.1, 0.15) is 36.6 Å². The van der Waals surface area contributed by atoms with E-state index in [1.54, 1.807) is 6.08 Å². The molecule has 6 rings (SSSR count). The predicted molar refractivity (Wildman–Crippen MR) is 195 cm³/mol. The summed E-state index contributed by atoms with van der Waals surface area (Å²) in [5, 5.41) is 0. The fourth-order valence-electron chi connectivity index (χ4n) is 6.27. The van der Waals surface area contributed by atoms with Gasteiger partial charge in [-0.2, -0.15) is 0 Å². The maximum atomic E-state index is 6.90. The molecule has 0 N–H and O–H groups in total. The zero-order valence-corrected chi connectivity index (χ0v) is 28.4. The Balaban J connectivity index is 1.40. The minimum Gasteiger partial charge on any atom is -0.369 e. The zero-order valence-electron chi connectivity index (χ0n) is 28.4. The molecule has 5 aromatic carbocycles. The highest BCUT2D eigenvalue weighted by Gasteiger charge is 2.55. The van der Waals surface area contributed by atoms with E-state index in [0.717, 1.165) is 27.8 Å². The predicted octanol–water partition coefficient (Wildman–Crippen LogP) is 8.50. The minimum atomic E-state index is -0.576. The van der Waals surface area contributed by atoms with Crippen molar-refractivity contribution in [2.24, 2.45) is 0 Å². The third kappa shape index (κ3) is 10.1. The summed E-state index contributed by atoms with van der Waals surface area (Å²) in [5.41, 5.74) is 5.22. The van der Waals surface area contributed by atoms with Crippen LogP contribution >= 0.6 is 0 Å². The molecule has 0 spiro atoms. The van der Waals surface area contributed by atoms with Crippen LogP contribution < -0.4 is 0 Å². The Kier molecular flexibility index (Phi) is 13.5. The lowest BCUT2D eigenvalue weighted by Gasteiger charge is -2.49. The van der Waals surface area contributed by atoms with Crippen molar-refractivity contribution in [3.05, 3.63) is 192 Å². The largest absolute Gasteiger partial charge is 0.369 e. The van der Waals surface area contributed by atoms with E-state index in [1.165, 1.54) is 0 Å². The van der Waals surface area contributed by atoms with Gasteiger partial charge in [-0.25, -0.2) is 0 Å². The molecule has 0 aliphatic heterocycles. The van der Waals surface area contributed by atoms with E-state index in [0.29, 0.717) is 39.6 Å². The van der Waals surface area contributed by atoms with Gasteiger partial charge in [0.2, 0.25) is 0 Å². The van der Waals surface area contributed by atoms with Gasteiger partial charge in [-0.3, -0.25) is 0 Å². The maximum absolute atomic E-state index is 6.90. The zero-order chi connectivity index (χ0) is 34.2. The maximum Gasteiger partial charge on any atom is 0.116 e. The fraction of sp³-hybridized carbons (Fsp3) is 0.273. The van der Waals surface area contributed by atoms with Gasteiger partial charge in [0.15, 0.2) is 0 Å². The molecule has 6 atom stereocenters. The average Bonchev–Trinajstić information content (AvgIpc) is 3.18. The number of hydrogen-bond donors (Lipinski definition) is 0. The van der Waals surface area contributed by atoms with E-state index in [9.17, 15) is 0 Å². The monoisotopic (exact) mass is 670 g/mol. The van der Waals surface area contributed by atoms with Crippen LogP contribution in [0.2, 0.25) is 0 Å². The standard InChI is InChI=1S/C44H46O6/c1-2-28-45-39-40(46-29-34-18-8-3-9-19-34)42(48-31-36-22-12-5-13-23-36)44(50-33-38-26-16-7-17-27-38)43(49-32-37-24-14-6-15-25-37)41(39)47-30-35-20-10-4-11-21-35/h2-27,39-44H,1,28-33H2/t39-,40-,41-,42+,43-,44-/m1/s1. The van der Waals surface area contributed by atoms with Crippen LogP contribution in [0.3, 0.4) is 0 Å². The van der Waals surface area contributed by atoms with E-state index in [-0.39, 0.29) is 0 Å². The lowest BCUT2D eigenvalue weighted by molar-refractivity contribution is -0.289. The molecular formula is C44H46O6. The second kappa shape index (κ2) is 19.1. The molecule has 0 heterocycles. The Bertz CT molecular complexity index is 1550. The second-order valence-corrected chi connectivity index (χ2v) is 12.4. The Morgan fingerprint density at radius 3 is 0.720 bits per heavy atom. The Morgan fingerprint density at radius 2 is 0.520 bits per heavy atom. The van der Waals surface area contributed by atoms with Gasteiger partial charge in [-0.05, 0) is 27.8 Å². The minimum absolute atomic E-state index is 0.299. The van der Waals surface area contributed by atoms with Crippen LogP contribution in [0.1, 0.15) is 27.8 Å². The summed E-state index contributed by atoms with van der Waals surface area (Å²) in [5.74, 6) is 0. The highest BCUT2D eigenvalue weighted by atomic mass is 16.6. The van der Waals surface area contributed by atoms with Crippen molar-refractivity contribution in [2.75, 3.05) is 6.61 Å². The van der Waals surface area contributed by atoms with Crippen LogP contribution in [0.15, 0.2) is 164 Å². The molecular weight excluding hydrogens is 624 g/mol. The first-order valence-electron chi connectivity index (χ1n) is 17.3. The van der Waals surface area contributed by atoms with E-state index in [1.807, 2.05) is 91.0 Å². The van der Waals surface area contributed by atoms with Crippen LogP contribution in [0, 0.1) is 0 Å². The molecule has 0 unspecified atom stereocenters. The van der Waals surface area contributed by atoms with Crippen molar-refractivity contribution in [3.8, 4) is 0 Å². The summed E-state index contributed by atoms with van der Waals surface area (Å²) < 4.78 is 41.0. The molecule has 258 valence electrons. The van der Waals surface area contributed by atoms with Gasteiger partial charge in [-0.15, -0.1) is 6.58 Å². The van der Waals surface area contributed by atoms with Crippen molar-refractivity contribution >= 4 is 0 Å². The Morgan fingerprint density at radius 1 is 0.320 bits per heavy atom. The van der Waals surface area contributed by atoms with Crippen molar-refractivity contribution in [1.29, 1.82) is 0 Å². The van der Waals surface area contributed by atoms with Gasteiger partial charge < -0.3 is 28.4 Å². The second-order valence-electron chi connectivity index (χ2n) is 12.4. The van der Waals surface area contributed by atoms with Crippen LogP contribution in [0.4, 0.5) is 0 Å². The molecule has 0 aromatic heterocycles. The van der Waals surface area contributed by atoms with E-state index < -0.39 is 36.6 Å². The third-order valence-corrected chi connectivity index (χ3v) is 8.78. The molecule has 5 aromatic rings. The first-order valence-corrected chi connectivity index (χ1v) is 17.3. The molecule has 1 fully saturated rings. The highest BCUT2D eigenvalue weighted by Crippen LogP contribution is 2.36. The number of benzene rings is 5. The smallest absolute Gasteiger partial charge is 0.116 e. The summed E-state index contributed by atoms with van der Waals surface area (Å²) in [7, 11) is 0. The molecule has 0 radical (unpaired) electrons. The quantitative estimate of drug-likeness (QED) is 0.0872. The van der Waals surface area contributed by atoms with Crippen LogP contribution in [0.25, 0.3) is 0 Å². The molecule has 1 saturated carbocycles. The molecule has 0 amide bonds. The first kappa shape index (κ1) is 35.4. The molecule has 0 bridgehead atoms. The van der Waals surface area contributed by atoms with Crippen molar-refractivity contribution in [1.82, 2.24) is 0 Å². The topological polar surface area (TPSA) is 55.4 Å². The number of hydrogen-bond acceptors (Lipinski definition) is 6. The fourth-order valence-corrected chi connectivity index (χ4v) is 6.27.